The number of fused-ring (bicyclic) bond motifs is 1. The molecule has 0 saturated carbocycles. The Morgan fingerprint density at radius 1 is 1.28 bits per heavy atom. The molecule has 1 aromatic rings. The topological polar surface area (TPSA) is 89.5 Å². The molecule has 138 valence electrons. The number of nitrogens with one attached hydrogen (secondary N) is 1. The highest BCUT2D eigenvalue weighted by molar-refractivity contribution is 7.91. The number of sulfone groups is 1. The van der Waals surface area contributed by atoms with Crippen molar-refractivity contribution in [2.45, 2.75) is 45.4 Å². The van der Waals surface area contributed by atoms with Gasteiger partial charge in [0.2, 0.25) is 5.91 Å². The Morgan fingerprint density at radius 2 is 2.04 bits per heavy atom. The largest absolute Gasteiger partial charge is 0.462 e. The van der Waals surface area contributed by atoms with Crippen molar-refractivity contribution in [3.05, 3.63) is 16.0 Å². The number of hydrogen-bond acceptors (Lipinski definition) is 6. The Labute approximate surface area is 151 Å². The quantitative estimate of drug-likeness (QED) is 0.787. The van der Waals surface area contributed by atoms with Crippen LogP contribution in [0.25, 0.3) is 0 Å². The Bertz CT molecular complexity index is 781. The van der Waals surface area contributed by atoms with Crippen molar-refractivity contribution in [1.82, 2.24) is 0 Å². The van der Waals surface area contributed by atoms with E-state index in [1.807, 2.05) is 0 Å². The van der Waals surface area contributed by atoms with E-state index in [1.54, 1.807) is 6.92 Å². The molecular weight excluding hydrogens is 362 g/mol. The number of hydrogen-bond donors (Lipinski definition) is 1. The van der Waals surface area contributed by atoms with Gasteiger partial charge in [0.25, 0.3) is 0 Å². The lowest BCUT2D eigenvalue weighted by atomic mass is 9.95. The Kier molecular flexibility index (Phi) is 5.48. The smallest absolute Gasteiger partial charge is 0.341 e. The molecule has 0 radical (unpaired) electrons. The van der Waals surface area contributed by atoms with Crippen LogP contribution in [0.3, 0.4) is 0 Å². The molecule has 8 heteroatoms. The van der Waals surface area contributed by atoms with Crippen molar-refractivity contribution in [3.63, 3.8) is 0 Å². The molecule has 1 saturated heterocycles. The minimum Gasteiger partial charge on any atom is -0.462 e. The zero-order chi connectivity index (χ0) is 18.0. The number of thiophene rings is 1. The Balaban J connectivity index is 1.76. The van der Waals surface area contributed by atoms with Gasteiger partial charge in [-0.15, -0.1) is 11.3 Å². The molecule has 25 heavy (non-hydrogen) atoms. The summed E-state index contributed by atoms with van der Waals surface area (Å²) in [5.41, 5.74) is 1.50. The maximum Gasteiger partial charge on any atom is 0.341 e. The minimum atomic E-state index is -3.00. The molecule has 1 fully saturated rings. The fourth-order valence-electron chi connectivity index (χ4n) is 3.55. The summed E-state index contributed by atoms with van der Waals surface area (Å²) in [6, 6.07) is 0. The van der Waals surface area contributed by atoms with Gasteiger partial charge in [-0.3, -0.25) is 4.79 Å². The first kappa shape index (κ1) is 18.4. The highest BCUT2D eigenvalue weighted by Crippen LogP contribution is 2.38. The zero-order valence-electron chi connectivity index (χ0n) is 14.3. The average Bonchev–Trinajstić information content (AvgIpc) is 3.06. The van der Waals surface area contributed by atoms with Crippen LogP contribution in [-0.2, 0) is 32.2 Å². The van der Waals surface area contributed by atoms with Gasteiger partial charge in [0.15, 0.2) is 9.84 Å². The SMILES string of the molecule is CCOC(=O)c1c(NC(=O)CC2CCS(=O)(=O)C2)sc2c1CCCC2. The van der Waals surface area contributed by atoms with E-state index in [1.165, 1.54) is 11.3 Å². The van der Waals surface area contributed by atoms with Crippen LogP contribution in [-0.4, -0.2) is 38.4 Å². The van der Waals surface area contributed by atoms with Gasteiger partial charge < -0.3 is 10.1 Å². The summed E-state index contributed by atoms with van der Waals surface area (Å²) in [5, 5.41) is 3.40. The molecule has 6 nitrogen and oxygen atoms in total. The van der Waals surface area contributed by atoms with Crippen molar-refractivity contribution in [1.29, 1.82) is 0 Å². The van der Waals surface area contributed by atoms with E-state index in [2.05, 4.69) is 5.32 Å². The zero-order valence-corrected chi connectivity index (χ0v) is 15.9. The number of amides is 1. The molecule has 2 aliphatic rings. The van der Waals surface area contributed by atoms with Crippen molar-refractivity contribution >= 4 is 38.1 Å². The second-order valence-electron chi connectivity index (χ2n) is 6.66. The average molecular weight is 386 g/mol. The molecule has 1 aliphatic heterocycles. The summed E-state index contributed by atoms with van der Waals surface area (Å²) in [4.78, 5) is 25.9. The number of ether oxygens (including phenoxy) is 1. The summed E-state index contributed by atoms with van der Waals surface area (Å²) in [6.07, 6.45) is 4.57. The van der Waals surface area contributed by atoms with E-state index in [0.717, 1.165) is 36.1 Å². The van der Waals surface area contributed by atoms with Crippen molar-refractivity contribution in [2.24, 2.45) is 5.92 Å². The van der Waals surface area contributed by atoms with Crippen LogP contribution >= 0.6 is 11.3 Å². The van der Waals surface area contributed by atoms with E-state index in [9.17, 15) is 18.0 Å². The molecule has 1 atom stereocenters. The van der Waals surface area contributed by atoms with Crippen LogP contribution in [0.5, 0.6) is 0 Å². The van der Waals surface area contributed by atoms with Crippen LogP contribution < -0.4 is 5.32 Å². The van der Waals surface area contributed by atoms with Crippen LogP contribution in [0.1, 0.15) is 53.4 Å². The molecule has 0 bridgehead atoms. The number of carbonyl (C=O) groups is 2. The Morgan fingerprint density at radius 3 is 2.72 bits per heavy atom. The Hall–Kier alpha value is -1.41. The predicted molar refractivity (Wildman–Crippen MR) is 96.9 cm³/mol. The maximum atomic E-state index is 12.4. The van der Waals surface area contributed by atoms with E-state index < -0.39 is 9.84 Å². The molecule has 1 amide bonds. The van der Waals surface area contributed by atoms with Crippen LogP contribution in [0.15, 0.2) is 0 Å². The number of aryl methyl sites for hydroxylation is 1. The lowest BCUT2D eigenvalue weighted by Crippen LogP contribution is -2.19. The first-order valence-electron chi connectivity index (χ1n) is 8.71. The highest BCUT2D eigenvalue weighted by Gasteiger charge is 2.31. The first-order chi connectivity index (χ1) is 11.9. The van der Waals surface area contributed by atoms with Gasteiger partial charge in [0.05, 0.1) is 23.7 Å². The van der Waals surface area contributed by atoms with E-state index in [-0.39, 0.29) is 42.3 Å². The van der Waals surface area contributed by atoms with Gasteiger partial charge in [-0.05, 0) is 50.5 Å². The van der Waals surface area contributed by atoms with Gasteiger partial charge in [0.1, 0.15) is 5.00 Å². The summed E-state index contributed by atoms with van der Waals surface area (Å²) in [6.45, 7) is 2.05. The first-order valence-corrected chi connectivity index (χ1v) is 11.4. The lowest BCUT2D eigenvalue weighted by Gasteiger charge is -2.12. The monoisotopic (exact) mass is 385 g/mol. The third-order valence-electron chi connectivity index (χ3n) is 4.70. The highest BCUT2D eigenvalue weighted by atomic mass is 32.2. The standard InChI is InChI=1S/C17H23NO5S2/c1-2-23-17(20)15-12-5-3-4-6-13(12)24-16(15)18-14(19)9-11-7-8-25(21,22)10-11/h11H,2-10H2,1H3,(H,18,19). The van der Waals surface area contributed by atoms with Gasteiger partial charge >= 0.3 is 5.97 Å². The van der Waals surface area contributed by atoms with Crippen molar-refractivity contribution in [3.8, 4) is 0 Å². The van der Waals surface area contributed by atoms with Crippen LogP contribution in [0, 0.1) is 5.92 Å². The van der Waals surface area contributed by atoms with Crippen molar-refractivity contribution in [2.75, 3.05) is 23.4 Å². The number of rotatable bonds is 5. The summed E-state index contributed by atoms with van der Waals surface area (Å²) >= 11 is 1.45. The third-order valence-corrected chi connectivity index (χ3v) is 7.75. The number of anilines is 1. The molecule has 1 aromatic heterocycles. The second kappa shape index (κ2) is 7.45. The number of esters is 1. The molecule has 1 N–H and O–H groups in total. The number of carbonyl (C=O) groups excluding carboxylic acids is 2. The van der Waals surface area contributed by atoms with Crippen LogP contribution in [0.4, 0.5) is 5.00 Å². The second-order valence-corrected chi connectivity index (χ2v) is 9.99. The molecule has 1 unspecified atom stereocenters. The third kappa shape index (κ3) is 4.23. The summed E-state index contributed by atoms with van der Waals surface area (Å²) in [5.74, 6) is -0.518. The predicted octanol–water partition coefficient (Wildman–Crippen LogP) is 2.57. The molecule has 0 spiro atoms. The fraction of sp³-hybridized carbons (Fsp3) is 0.647. The van der Waals surface area contributed by atoms with Crippen molar-refractivity contribution < 1.29 is 22.7 Å². The molecular formula is C17H23NO5S2. The molecule has 0 aromatic carbocycles. The van der Waals surface area contributed by atoms with E-state index in [0.29, 0.717) is 17.0 Å². The van der Waals surface area contributed by atoms with Gasteiger partial charge in [-0.2, -0.15) is 0 Å². The fourth-order valence-corrected chi connectivity index (χ4v) is 6.70. The minimum absolute atomic E-state index is 0.0755. The lowest BCUT2D eigenvalue weighted by molar-refractivity contribution is -0.116. The van der Waals surface area contributed by atoms with Gasteiger partial charge in [-0.1, -0.05) is 0 Å². The van der Waals surface area contributed by atoms with Gasteiger partial charge in [0, 0.05) is 11.3 Å². The van der Waals surface area contributed by atoms with E-state index in [4.69, 9.17) is 4.74 Å². The maximum absolute atomic E-state index is 12.4. The molecule has 2 heterocycles. The summed E-state index contributed by atoms with van der Waals surface area (Å²) in [7, 11) is -3.00. The van der Waals surface area contributed by atoms with Gasteiger partial charge in [-0.25, -0.2) is 13.2 Å². The normalized spacial score (nSPS) is 21.6. The summed E-state index contributed by atoms with van der Waals surface area (Å²) < 4.78 is 28.2. The van der Waals surface area contributed by atoms with E-state index >= 15 is 0 Å². The van der Waals surface area contributed by atoms with Crippen LogP contribution in [0.2, 0.25) is 0 Å². The molecule has 1 aliphatic carbocycles. The molecule has 3 rings (SSSR count).